The summed E-state index contributed by atoms with van der Waals surface area (Å²) in [5.41, 5.74) is 4.63. The third-order valence-corrected chi connectivity index (χ3v) is 7.12. The molecule has 0 bridgehead atoms. The molecule has 1 amide bonds. The minimum Gasteiger partial charge on any atom is -0.481 e. The van der Waals surface area contributed by atoms with Crippen LogP contribution in [-0.2, 0) is 6.42 Å². The van der Waals surface area contributed by atoms with Gasteiger partial charge in [-0.25, -0.2) is 14.4 Å². The fourth-order valence-corrected chi connectivity index (χ4v) is 4.86. The Morgan fingerprint density at radius 3 is 2.83 bits per heavy atom. The average molecular weight is 603 g/mol. The molecule has 1 fully saturated rings. The number of amides is 1. The summed E-state index contributed by atoms with van der Waals surface area (Å²) in [4.78, 5) is 25.7. The summed E-state index contributed by atoms with van der Waals surface area (Å²) in [6.07, 6.45) is 3.22. The summed E-state index contributed by atoms with van der Waals surface area (Å²) in [6.45, 7) is 7.37. The van der Waals surface area contributed by atoms with Crippen molar-refractivity contribution in [1.82, 2.24) is 14.8 Å². The summed E-state index contributed by atoms with van der Waals surface area (Å²) in [6, 6.07) is 11.6. The van der Waals surface area contributed by atoms with E-state index in [9.17, 15) is 9.18 Å². The van der Waals surface area contributed by atoms with Gasteiger partial charge in [0.1, 0.15) is 17.2 Å². The molecule has 0 saturated carbocycles. The zero-order valence-electron chi connectivity index (χ0n) is 20.6. The first kappa shape index (κ1) is 27.5. The largest absolute Gasteiger partial charge is 0.481 e. The number of aliphatic imine (C=N–C) groups is 1. The van der Waals surface area contributed by atoms with Crippen molar-refractivity contribution in [2.75, 3.05) is 31.2 Å². The number of benzene rings is 1. The lowest BCUT2D eigenvalue weighted by molar-refractivity contribution is 0.0556. The van der Waals surface area contributed by atoms with Crippen molar-refractivity contribution in [1.29, 1.82) is 5.41 Å². The van der Waals surface area contributed by atoms with E-state index >= 15 is 0 Å². The maximum atomic E-state index is 13.5. The first-order valence-corrected chi connectivity index (χ1v) is 13.3. The van der Waals surface area contributed by atoms with E-state index in [0.29, 0.717) is 43.3 Å². The predicted octanol–water partition coefficient (Wildman–Crippen LogP) is 4.78. The van der Waals surface area contributed by atoms with Crippen LogP contribution < -0.4 is 4.74 Å². The molecule has 7 nitrogen and oxygen atoms in total. The van der Waals surface area contributed by atoms with Crippen LogP contribution in [0.4, 0.5) is 4.39 Å². The maximum absolute atomic E-state index is 13.5. The molecule has 3 rings (SSSR count). The molecule has 0 radical (unpaired) electrons. The number of piperazine rings is 1. The number of alkyl halides is 1. The number of nitrogens with zero attached hydrogens (tertiary/aromatic N) is 4. The number of halogens is 2. The van der Waals surface area contributed by atoms with E-state index < -0.39 is 0 Å². The van der Waals surface area contributed by atoms with Gasteiger partial charge in [0.2, 0.25) is 5.88 Å². The smallest absolute Gasteiger partial charge is 0.272 e. The Balaban J connectivity index is 1.67. The van der Waals surface area contributed by atoms with Crippen LogP contribution >= 0.6 is 22.6 Å². The molecular weight excluding hydrogens is 572 g/mol. The fourth-order valence-electron chi connectivity index (χ4n) is 4.11. The molecule has 36 heavy (non-hydrogen) atoms. The Bertz CT molecular complexity index is 1160. The second kappa shape index (κ2) is 13.3. The predicted molar refractivity (Wildman–Crippen MR) is 149 cm³/mol. The van der Waals surface area contributed by atoms with Crippen LogP contribution in [0.2, 0.25) is 0 Å². The van der Waals surface area contributed by atoms with Gasteiger partial charge in [-0.05, 0) is 42.5 Å². The van der Waals surface area contributed by atoms with Gasteiger partial charge in [-0.3, -0.25) is 10.2 Å². The minimum atomic E-state index is -0.256. The van der Waals surface area contributed by atoms with Crippen LogP contribution in [0.25, 0.3) is 0 Å². The van der Waals surface area contributed by atoms with Crippen molar-refractivity contribution in [3.63, 3.8) is 0 Å². The monoisotopic (exact) mass is 603 g/mol. The number of nitrogens with one attached hydrogen (secondary N) is 1. The van der Waals surface area contributed by atoms with Gasteiger partial charge in [0.25, 0.3) is 5.91 Å². The normalized spacial score (nSPS) is 16.5. The number of methoxy groups -OCH3 is 1. The summed E-state index contributed by atoms with van der Waals surface area (Å²) >= 11 is 2.27. The summed E-state index contributed by atoms with van der Waals surface area (Å²) in [7, 11) is 1.52. The zero-order valence-corrected chi connectivity index (χ0v) is 22.7. The van der Waals surface area contributed by atoms with Gasteiger partial charge >= 0.3 is 0 Å². The fraction of sp³-hybridized carbons (Fsp3) is 0.370. The van der Waals surface area contributed by atoms with Crippen molar-refractivity contribution < 1.29 is 13.9 Å². The van der Waals surface area contributed by atoms with Gasteiger partial charge in [-0.15, -0.1) is 0 Å². The number of amidine groups is 1. The first-order valence-electron chi connectivity index (χ1n) is 11.8. The number of pyridine rings is 1. The molecule has 1 N–H and O–H groups in total. The standard InChI is InChI=1S/C27H31FIN5O2/c1-4-19(14-20-8-6-9-21(28)15-20)17-31-26(30)24(5-2)33-12-13-34(22(16-29)18-33)27(35)23-10-7-11-25(32-23)36-3/h6-11,15,17,19,22,30H,2,4,12-14,16,18H2,1,3H3. The lowest BCUT2D eigenvalue weighted by Gasteiger charge is -2.41. The van der Waals surface area contributed by atoms with Crippen molar-refractivity contribution >= 4 is 40.5 Å². The van der Waals surface area contributed by atoms with Crippen LogP contribution in [0.3, 0.4) is 0 Å². The van der Waals surface area contributed by atoms with Crippen molar-refractivity contribution in [2.24, 2.45) is 10.9 Å². The zero-order chi connectivity index (χ0) is 26.1. The molecule has 1 aromatic heterocycles. The van der Waals surface area contributed by atoms with E-state index in [4.69, 9.17) is 10.1 Å². The van der Waals surface area contributed by atoms with Crippen LogP contribution in [-0.4, -0.2) is 70.0 Å². The Labute approximate surface area is 225 Å². The highest BCUT2D eigenvalue weighted by Gasteiger charge is 2.32. The Morgan fingerprint density at radius 1 is 1.39 bits per heavy atom. The molecule has 1 aliphatic rings. The van der Waals surface area contributed by atoms with Crippen LogP contribution in [0, 0.1) is 17.1 Å². The van der Waals surface area contributed by atoms with Crippen LogP contribution in [0.15, 0.2) is 65.5 Å². The molecule has 190 valence electrons. The van der Waals surface area contributed by atoms with Gasteiger partial charge in [0, 0.05) is 36.3 Å². The molecule has 2 unspecified atom stereocenters. The topological polar surface area (TPSA) is 81.9 Å². The number of aromatic nitrogens is 1. The first-order chi connectivity index (χ1) is 17.4. The Morgan fingerprint density at radius 2 is 2.17 bits per heavy atom. The van der Waals surface area contributed by atoms with Crippen molar-refractivity contribution in [3.05, 3.63) is 77.5 Å². The molecular formula is C27H31FIN5O2. The highest BCUT2D eigenvalue weighted by molar-refractivity contribution is 14.1. The van der Waals surface area contributed by atoms with Gasteiger partial charge in [0.05, 0.1) is 13.2 Å². The number of hydrogen-bond acceptors (Lipinski definition) is 5. The summed E-state index contributed by atoms with van der Waals surface area (Å²) < 4.78 is 19.4. The molecule has 2 atom stereocenters. The highest BCUT2D eigenvalue weighted by atomic mass is 127. The van der Waals surface area contributed by atoms with E-state index in [1.807, 2.05) is 22.8 Å². The van der Waals surface area contributed by atoms with Crippen LogP contribution in [0.5, 0.6) is 5.88 Å². The SMILES string of the molecule is C=C=C(C(=N)N=CC(CC)Cc1cccc(F)c1)N1CCN(C(=O)c2cccc(OC)n2)C(CI)C1. The average Bonchev–Trinajstić information content (AvgIpc) is 2.91. The second-order valence-corrected chi connectivity index (χ2v) is 9.35. The number of hydrogen-bond donors (Lipinski definition) is 1. The van der Waals surface area contributed by atoms with Gasteiger partial charge in [-0.2, -0.15) is 0 Å². The van der Waals surface area contributed by atoms with E-state index in [0.717, 1.165) is 16.4 Å². The molecule has 0 aliphatic carbocycles. The van der Waals surface area contributed by atoms with Gasteiger partial charge in [-0.1, -0.05) is 60.0 Å². The van der Waals surface area contributed by atoms with E-state index in [1.165, 1.54) is 19.2 Å². The molecule has 1 saturated heterocycles. The van der Waals surface area contributed by atoms with Crippen molar-refractivity contribution in [3.8, 4) is 5.88 Å². The summed E-state index contributed by atoms with van der Waals surface area (Å²) in [5, 5.41) is 8.56. The number of rotatable bonds is 9. The molecule has 9 heteroatoms. The van der Waals surface area contributed by atoms with Crippen LogP contribution in [0.1, 0.15) is 29.4 Å². The highest BCUT2D eigenvalue weighted by Crippen LogP contribution is 2.20. The lowest BCUT2D eigenvalue weighted by Crippen LogP contribution is -2.56. The molecule has 0 spiro atoms. The molecule has 2 heterocycles. The number of carbonyl (C=O) groups is 1. The van der Waals surface area contributed by atoms with E-state index in [-0.39, 0.29) is 29.5 Å². The minimum absolute atomic E-state index is 0.0728. The van der Waals surface area contributed by atoms with E-state index in [2.05, 4.69) is 44.9 Å². The Hall–Kier alpha value is -3.04. The molecule has 2 aromatic rings. The Kier molecular flexibility index (Phi) is 10.2. The van der Waals surface area contributed by atoms with Crippen molar-refractivity contribution in [2.45, 2.75) is 25.8 Å². The molecule has 1 aliphatic heterocycles. The lowest BCUT2D eigenvalue weighted by atomic mass is 9.98. The third-order valence-electron chi connectivity index (χ3n) is 6.11. The molecule has 1 aromatic carbocycles. The van der Waals surface area contributed by atoms with Gasteiger partial charge < -0.3 is 14.5 Å². The van der Waals surface area contributed by atoms with Gasteiger partial charge in [0.15, 0.2) is 5.84 Å². The third kappa shape index (κ3) is 7.01. The summed E-state index contributed by atoms with van der Waals surface area (Å²) in [5.74, 6) is 0.148. The maximum Gasteiger partial charge on any atom is 0.272 e. The quantitative estimate of drug-likeness (QED) is 0.147. The number of ether oxygens (including phenoxy) is 1. The van der Waals surface area contributed by atoms with E-state index in [1.54, 1.807) is 30.5 Å². The number of carbonyl (C=O) groups excluding carboxylic acids is 1. The second-order valence-electron chi connectivity index (χ2n) is 8.47.